The fraction of sp³-hybridized carbons (Fsp3) is 0.391. The number of carbonyl (C=O) groups is 1. The van der Waals surface area contributed by atoms with Gasteiger partial charge < -0.3 is 28.9 Å². The summed E-state index contributed by atoms with van der Waals surface area (Å²) in [7, 11) is 6.32. The molecule has 0 heterocycles. The largest absolute Gasteiger partial charge is 0.497 e. The van der Waals surface area contributed by atoms with Crippen LogP contribution in [0.5, 0.6) is 23.0 Å². The van der Waals surface area contributed by atoms with Gasteiger partial charge >= 0.3 is 5.97 Å². The summed E-state index contributed by atoms with van der Waals surface area (Å²) in [5.41, 5.74) is 1.94. The Labute approximate surface area is 182 Å². The van der Waals surface area contributed by atoms with E-state index >= 15 is 0 Å². The van der Waals surface area contributed by atoms with Gasteiger partial charge in [0.2, 0.25) is 0 Å². The molecule has 0 saturated carbocycles. The van der Waals surface area contributed by atoms with Gasteiger partial charge in [0.1, 0.15) is 35.3 Å². The number of methoxy groups -OCH3 is 4. The minimum Gasteiger partial charge on any atom is -0.497 e. The van der Waals surface area contributed by atoms with Gasteiger partial charge in [0, 0.05) is 29.7 Å². The van der Waals surface area contributed by atoms with Crippen LogP contribution in [-0.4, -0.2) is 51.8 Å². The first kappa shape index (κ1) is 23.9. The number of benzene rings is 2. The van der Waals surface area contributed by atoms with Crippen LogP contribution < -0.4 is 18.9 Å². The Morgan fingerprint density at radius 3 is 1.81 bits per heavy atom. The number of aliphatic carboxylic acids is 1. The van der Waals surface area contributed by atoms with Crippen molar-refractivity contribution in [1.29, 1.82) is 0 Å². The van der Waals surface area contributed by atoms with Gasteiger partial charge in [-0.2, -0.15) is 0 Å². The fourth-order valence-corrected chi connectivity index (χ4v) is 2.96. The van der Waals surface area contributed by atoms with Crippen LogP contribution in [0.4, 0.5) is 0 Å². The standard InChI is InChI=1S/C23H29NO7/c1-27-16-9-11-18(20(14-16)29-3)23(24-31-13-7-5-6-8-22(25)26)19-12-10-17(28-2)15-21(19)30-4/h9-12,14-15H,5-8,13H2,1-4H3,(H,25,26). The molecule has 2 aromatic carbocycles. The van der Waals surface area contributed by atoms with E-state index < -0.39 is 5.97 Å². The lowest BCUT2D eigenvalue weighted by molar-refractivity contribution is -0.137. The minimum absolute atomic E-state index is 0.153. The van der Waals surface area contributed by atoms with Gasteiger partial charge in [0.15, 0.2) is 0 Å². The van der Waals surface area contributed by atoms with E-state index in [-0.39, 0.29) is 6.42 Å². The van der Waals surface area contributed by atoms with Gasteiger partial charge in [-0.1, -0.05) is 5.16 Å². The number of hydrogen-bond donors (Lipinski definition) is 1. The first-order valence-electron chi connectivity index (χ1n) is 9.90. The van der Waals surface area contributed by atoms with Crippen molar-refractivity contribution >= 4 is 11.7 Å². The van der Waals surface area contributed by atoms with E-state index in [1.54, 1.807) is 40.6 Å². The minimum atomic E-state index is -0.792. The number of hydrogen-bond acceptors (Lipinski definition) is 7. The number of nitrogens with zero attached hydrogens (tertiary/aromatic N) is 1. The number of carboxylic acid groups (broad SMARTS) is 1. The van der Waals surface area contributed by atoms with E-state index in [1.165, 1.54) is 0 Å². The first-order valence-corrected chi connectivity index (χ1v) is 9.90. The maximum atomic E-state index is 10.6. The normalized spacial score (nSPS) is 10.2. The molecular formula is C23H29NO7. The highest BCUT2D eigenvalue weighted by Gasteiger charge is 2.19. The summed E-state index contributed by atoms with van der Waals surface area (Å²) in [6, 6.07) is 10.9. The van der Waals surface area contributed by atoms with Gasteiger partial charge in [0.25, 0.3) is 0 Å². The number of rotatable bonds is 13. The number of oxime groups is 1. The second-order valence-electron chi connectivity index (χ2n) is 6.61. The molecule has 1 N–H and O–H groups in total. The molecule has 8 nitrogen and oxygen atoms in total. The first-order chi connectivity index (χ1) is 15.0. The second kappa shape index (κ2) is 12.3. The zero-order valence-corrected chi connectivity index (χ0v) is 18.3. The zero-order chi connectivity index (χ0) is 22.6. The third-order valence-electron chi connectivity index (χ3n) is 4.61. The Balaban J connectivity index is 2.34. The van der Waals surface area contributed by atoms with Crippen molar-refractivity contribution in [3.05, 3.63) is 47.5 Å². The van der Waals surface area contributed by atoms with Gasteiger partial charge in [0.05, 0.1) is 28.4 Å². The highest BCUT2D eigenvalue weighted by molar-refractivity contribution is 6.15. The Bertz CT molecular complexity index is 838. The smallest absolute Gasteiger partial charge is 0.303 e. The van der Waals surface area contributed by atoms with Crippen LogP contribution in [0.25, 0.3) is 0 Å². The maximum Gasteiger partial charge on any atom is 0.303 e. The molecule has 0 radical (unpaired) electrons. The van der Waals surface area contributed by atoms with Crippen LogP contribution in [0.3, 0.4) is 0 Å². The lowest BCUT2D eigenvalue weighted by atomic mass is 10.00. The van der Waals surface area contributed by atoms with Crippen molar-refractivity contribution in [2.75, 3.05) is 35.0 Å². The van der Waals surface area contributed by atoms with Crippen LogP contribution >= 0.6 is 0 Å². The number of unbranched alkanes of at least 4 members (excludes halogenated alkanes) is 2. The molecule has 0 aliphatic rings. The summed E-state index contributed by atoms with van der Waals surface area (Å²) in [5, 5.41) is 13.1. The molecule has 168 valence electrons. The van der Waals surface area contributed by atoms with Crippen molar-refractivity contribution < 1.29 is 33.7 Å². The molecule has 0 aromatic heterocycles. The molecule has 8 heteroatoms. The predicted octanol–water partition coefficient (Wildman–Crippen LogP) is 4.14. The summed E-state index contributed by atoms with van der Waals surface area (Å²) in [6.07, 6.45) is 2.20. The van der Waals surface area contributed by atoms with Gasteiger partial charge in [-0.25, -0.2) is 0 Å². The Hall–Kier alpha value is -3.42. The van der Waals surface area contributed by atoms with E-state index in [1.807, 2.05) is 24.3 Å². The molecular weight excluding hydrogens is 402 g/mol. The maximum absolute atomic E-state index is 10.6. The lowest BCUT2D eigenvalue weighted by Gasteiger charge is -2.16. The van der Waals surface area contributed by atoms with Crippen LogP contribution in [0.2, 0.25) is 0 Å². The molecule has 31 heavy (non-hydrogen) atoms. The van der Waals surface area contributed by atoms with Crippen molar-refractivity contribution in [3.8, 4) is 23.0 Å². The third kappa shape index (κ3) is 6.80. The highest BCUT2D eigenvalue weighted by Crippen LogP contribution is 2.32. The van der Waals surface area contributed by atoms with E-state index in [4.69, 9.17) is 28.9 Å². The molecule has 0 aliphatic heterocycles. The summed E-state index contributed by atoms with van der Waals surface area (Å²) in [6.45, 7) is 0.361. The average Bonchev–Trinajstić information content (AvgIpc) is 2.80. The van der Waals surface area contributed by atoms with Crippen LogP contribution in [0.1, 0.15) is 36.8 Å². The topological polar surface area (TPSA) is 95.8 Å². The molecule has 0 bridgehead atoms. The zero-order valence-electron chi connectivity index (χ0n) is 18.3. The van der Waals surface area contributed by atoms with Gasteiger partial charge in [-0.3, -0.25) is 4.79 Å². The molecule has 0 atom stereocenters. The quantitative estimate of drug-likeness (QED) is 0.289. The van der Waals surface area contributed by atoms with Crippen LogP contribution in [-0.2, 0) is 9.63 Å². The van der Waals surface area contributed by atoms with Crippen LogP contribution in [0.15, 0.2) is 41.6 Å². The monoisotopic (exact) mass is 431 g/mol. The molecule has 2 aromatic rings. The molecule has 0 fully saturated rings. The molecule has 0 aliphatic carbocycles. The second-order valence-corrected chi connectivity index (χ2v) is 6.61. The predicted molar refractivity (Wildman–Crippen MR) is 117 cm³/mol. The third-order valence-corrected chi connectivity index (χ3v) is 4.61. The number of ether oxygens (including phenoxy) is 4. The SMILES string of the molecule is COc1ccc(C(=NOCCCCCC(=O)O)c2ccc(OC)cc2OC)c(OC)c1. The Kier molecular flexibility index (Phi) is 9.48. The summed E-state index contributed by atoms with van der Waals surface area (Å²) >= 11 is 0. The van der Waals surface area contributed by atoms with Crippen LogP contribution in [0, 0.1) is 0 Å². The van der Waals surface area contributed by atoms with Gasteiger partial charge in [-0.15, -0.1) is 0 Å². The highest BCUT2D eigenvalue weighted by atomic mass is 16.6. The summed E-state index contributed by atoms with van der Waals surface area (Å²) < 4.78 is 21.7. The lowest BCUT2D eigenvalue weighted by Crippen LogP contribution is -2.09. The molecule has 0 spiro atoms. The average molecular weight is 431 g/mol. The molecule has 2 rings (SSSR count). The van der Waals surface area contributed by atoms with Gasteiger partial charge in [-0.05, 0) is 43.5 Å². The van der Waals surface area contributed by atoms with E-state index in [2.05, 4.69) is 5.16 Å². The van der Waals surface area contributed by atoms with E-state index in [0.717, 1.165) is 6.42 Å². The van der Waals surface area contributed by atoms with Crippen molar-refractivity contribution in [2.45, 2.75) is 25.7 Å². The molecule has 0 amide bonds. The Morgan fingerprint density at radius 1 is 0.806 bits per heavy atom. The van der Waals surface area contributed by atoms with E-state index in [9.17, 15) is 4.79 Å². The van der Waals surface area contributed by atoms with Crippen molar-refractivity contribution in [2.24, 2.45) is 5.16 Å². The molecule has 0 unspecified atom stereocenters. The number of carboxylic acids is 1. The van der Waals surface area contributed by atoms with Crippen molar-refractivity contribution in [1.82, 2.24) is 0 Å². The van der Waals surface area contributed by atoms with Crippen molar-refractivity contribution in [3.63, 3.8) is 0 Å². The summed E-state index contributed by atoms with van der Waals surface area (Å²) in [5.74, 6) is 1.66. The Morgan fingerprint density at radius 2 is 1.35 bits per heavy atom. The molecule has 0 saturated heterocycles. The fourth-order valence-electron chi connectivity index (χ4n) is 2.96. The summed E-state index contributed by atoms with van der Waals surface area (Å²) in [4.78, 5) is 16.2. The van der Waals surface area contributed by atoms with E-state index in [0.29, 0.717) is 59.3 Å².